The smallest absolute Gasteiger partial charge is 0.336 e. The predicted molar refractivity (Wildman–Crippen MR) is 106 cm³/mol. The van der Waals surface area contributed by atoms with Crippen molar-refractivity contribution in [2.24, 2.45) is 0 Å². The molecule has 0 bridgehead atoms. The zero-order valence-corrected chi connectivity index (χ0v) is 14.5. The molecule has 0 radical (unpaired) electrons. The number of fused-ring (bicyclic) bond motifs is 2. The van der Waals surface area contributed by atoms with E-state index >= 15 is 0 Å². The molecular formula is C23H17NO3. The summed E-state index contributed by atoms with van der Waals surface area (Å²) in [6.45, 7) is 0. The number of carboxylic acid groups (broad SMARTS) is 1. The molecule has 27 heavy (non-hydrogen) atoms. The first-order chi connectivity index (χ1) is 13.1. The SMILES string of the molecule is O=C(Cc1ccc2ccccc2c1)Nc1cc(C(=O)O)c2cccccc1-2. The summed E-state index contributed by atoms with van der Waals surface area (Å²) in [4.78, 5) is 24.1. The Morgan fingerprint density at radius 2 is 1.48 bits per heavy atom. The molecule has 1 amide bonds. The van der Waals surface area contributed by atoms with E-state index in [0.717, 1.165) is 16.3 Å². The van der Waals surface area contributed by atoms with Gasteiger partial charge in [-0.2, -0.15) is 0 Å². The van der Waals surface area contributed by atoms with E-state index in [1.165, 1.54) is 6.07 Å². The largest absolute Gasteiger partial charge is 0.478 e. The van der Waals surface area contributed by atoms with Crippen LogP contribution >= 0.6 is 0 Å². The van der Waals surface area contributed by atoms with E-state index in [9.17, 15) is 14.7 Å². The summed E-state index contributed by atoms with van der Waals surface area (Å²) in [6.07, 6.45) is 0.221. The average molecular weight is 355 g/mol. The van der Waals surface area contributed by atoms with Crippen LogP contribution in [0.15, 0.2) is 78.9 Å². The van der Waals surface area contributed by atoms with Gasteiger partial charge in [-0.25, -0.2) is 4.79 Å². The molecule has 0 heterocycles. The van der Waals surface area contributed by atoms with Gasteiger partial charge in [-0.3, -0.25) is 4.79 Å². The van der Waals surface area contributed by atoms with Crippen molar-refractivity contribution in [2.75, 3.05) is 5.32 Å². The molecular weight excluding hydrogens is 338 g/mol. The van der Waals surface area contributed by atoms with Crippen LogP contribution in [0.5, 0.6) is 0 Å². The van der Waals surface area contributed by atoms with E-state index in [2.05, 4.69) is 5.32 Å². The van der Waals surface area contributed by atoms with E-state index in [0.29, 0.717) is 16.8 Å². The van der Waals surface area contributed by atoms with Crippen molar-refractivity contribution >= 4 is 28.3 Å². The van der Waals surface area contributed by atoms with Crippen molar-refractivity contribution < 1.29 is 14.7 Å². The Hall–Kier alpha value is -3.66. The molecule has 0 saturated carbocycles. The highest BCUT2D eigenvalue weighted by molar-refractivity contribution is 6.06. The lowest BCUT2D eigenvalue weighted by Gasteiger charge is -2.07. The molecule has 4 nitrogen and oxygen atoms in total. The Morgan fingerprint density at radius 1 is 0.778 bits per heavy atom. The second-order valence-corrected chi connectivity index (χ2v) is 6.42. The number of benzene rings is 2. The van der Waals surface area contributed by atoms with Gasteiger partial charge < -0.3 is 10.4 Å². The Labute approximate surface area is 156 Å². The van der Waals surface area contributed by atoms with E-state index in [1.54, 1.807) is 12.1 Å². The van der Waals surface area contributed by atoms with Gasteiger partial charge in [-0.15, -0.1) is 0 Å². The molecule has 0 atom stereocenters. The molecule has 0 aromatic heterocycles. The first-order valence-corrected chi connectivity index (χ1v) is 8.64. The van der Waals surface area contributed by atoms with Gasteiger partial charge in [-0.05, 0) is 28.0 Å². The second kappa shape index (κ2) is 6.92. The number of carbonyl (C=O) groups excluding carboxylic acids is 1. The standard InChI is InChI=1S/C23H17NO3/c25-22(13-15-10-11-16-6-4-5-7-17(16)12-15)24-21-14-20(23(26)27)18-8-2-1-3-9-19(18)21/h1-12,14H,13H2,(H,24,25)(H,26,27). The van der Waals surface area contributed by atoms with Crippen molar-refractivity contribution in [1.82, 2.24) is 0 Å². The fraction of sp³-hybridized carbons (Fsp3) is 0.0435. The number of aromatic carboxylic acids is 1. The summed E-state index contributed by atoms with van der Waals surface area (Å²) in [7, 11) is 0. The van der Waals surface area contributed by atoms with Crippen LogP contribution in [0.1, 0.15) is 15.9 Å². The number of hydrogen-bond donors (Lipinski definition) is 2. The minimum atomic E-state index is -1.01. The van der Waals surface area contributed by atoms with Crippen molar-refractivity contribution in [3.05, 3.63) is 90.0 Å². The van der Waals surface area contributed by atoms with E-state index in [-0.39, 0.29) is 17.9 Å². The zero-order valence-electron chi connectivity index (χ0n) is 14.5. The van der Waals surface area contributed by atoms with Gasteiger partial charge in [-0.1, -0.05) is 72.8 Å². The van der Waals surface area contributed by atoms with Crippen LogP contribution in [0.2, 0.25) is 0 Å². The summed E-state index contributed by atoms with van der Waals surface area (Å²) in [5, 5.41) is 14.5. The van der Waals surface area contributed by atoms with E-state index in [4.69, 9.17) is 0 Å². The van der Waals surface area contributed by atoms with Crippen LogP contribution in [0, 0.1) is 0 Å². The lowest BCUT2D eigenvalue weighted by Crippen LogP contribution is -2.14. The molecule has 0 aliphatic heterocycles. The predicted octanol–water partition coefficient (Wildman–Crippen LogP) is 4.82. The van der Waals surface area contributed by atoms with Gasteiger partial charge in [0.1, 0.15) is 0 Å². The molecule has 0 fully saturated rings. The maximum Gasteiger partial charge on any atom is 0.336 e. The maximum atomic E-state index is 12.6. The second-order valence-electron chi connectivity index (χ2n) is 6.42. The molecule has 4 heteroatoms. The van der Waals surface area contributed by atoms with E-state index < -0.39 is 5.97 Å². The summed E-state index contributed by atoms with van der Waals surface area (Å²) < 4.78 is 0. The summed E-state index contributed by atoms with van der Waals surface area (Å²) in [6, 6.07) is 24.5. The third-order valence-electron chi connectivity index (χ3n) is 4.59. The van der Waals surface area contributed by atoms with Gasteiger partial charge in [0.05, 0.1) is 12.0 Å². The quantitative estimate of drug-likeness (QED) is 0.551. The lowest BCUT2D eigenvalue weighted by atomic mass is 10.0. The minimum absolute atomic E-state index is 0.180. The molecule has 2 aromatic carbocycles. The summed E-state index contributed by atoms with van der Waals surface area (Å²) >= 11 is 0. The number of amides is 1. The average Bonchev–Trinajstić information content (AvgIpc) is 2.83. The highest BCUT2D eigenvalue weighted by atomic mass is 16.4. The molecule has 2 aliphatic rings. The molecule has 0 unspecified atom stereocenters. The van der Waals surface area contributed by atoms with Gasteiger partial charge >= 0.3 is 5.97 Å². The first-order valence-electron chi connectivity index (χ1n) is 8.64. The third kappa shape index (κ3) is 3.37. The Kier molecular flexibility index (Phi) is 4.30. The van der Waals surface area contributed by atoms with Crippen LogP contribution < -0.4 is 5.32 Å². The topological polar surface area (TPSA) is 66.4 Å². The zero-order chi connectivity index (χ0) is 18.8. The molecule has 0 saturated heterocycles. The number of carboxylic acids is 1. The third-order valence-corrected chi connectivity index (χ3v) is 4.59. The highest BCUT2D eigenvalue weighted by Gasteiger charge is 2.20. The monoisotopic (exact) mass is 355 g/mol. The van der Waals surface area contributed by atoms with Crippen LogP contribution in [-0.4, -0.2) is 17.0 Å². The Balaban J connectivity index is 1.60. The normalized spacial score (nSPS) is 10.8. The maximum absolute atomic E-state index is 12.6. The number of carbonyl (C=O) groups is 2. The molecule has 4 rings (SSSR count). The Morgan fingerprint density at radius 3 is 2.26 bits per heavy atom. The molecule has 132 valence electrons. The van der Waals surface area contributed by atoms with Gasteiger partial charge in [0.2, 0.25) is 5.91 Å². The number of rotatable bonds is 4. The first kappa shape index (κ1) is 16.8. The van der Waals surface area contributed by atoms with E-state index in [1.807, 2.05) is 60.7 Å². The summed E-state index contributed by atoms with van der Waals surface area (Å²) in [5.41, 5.74) is 2.93. The molecule has 2 N–H and O–H groups in total. The van der Waals surface area contributed by atoms with Crippen molar-refractivity contribution in [3.8, 4) is 11.1 Å². The fourth-order valence-corrected chi connectivity index (χ4v) is 3.33. The van der Waals surface area contributed by atoms with Crippen LogP contribution in [0.3, 0.4) is 0 Å². The number of hydrogen-bond acceptors (Lipinski definition) is 2. The van der Waals surface area contributed by atoms with Crippen LogP contribution in [0.4, 0.5) is 5.69 Å². The molecule has 2 aliphatic carbocycles. The summed E-state index contributed by atoms with van der Waals surface area (Å²) in [5.74, 6) is -1.19. The van der Waals surface area contributed by atoms with Crippen molar-refractivity contribution in [1.29, 1.82) is 0 Å². The minimum Gasteiger partial charge on any atom is -0.478 e. The van der Waals surface area contributed by atoms with Crippen molar-refractivity contribution in [2.45, 2.75) is 6.42 Å². The van der Waals surface area contributed by atoms with Crippen molar-refractivity contribution in [3.63, 3.8) is 0 Å². The van der Waals surface area contributed by atoms with Crippen LogP contribution in [0.25, 0.3) is 21.9 Å². The number of nitrogens with one attached hydrogen (secondary N) is 1. The van der Waals surface area contributed by atoms with Gasteiger partial charge in [0.15, 0.2) is 0 Å². The van der Waals surface area contributed by atoms with Crippen LogP contribution in [-0.2, 0) is 11.2 Å². The molecule has 2 aromatic rings. The fourth-order valence-electron chi connectivity index (χ4n) is 3.33. The number of anilines is 1. The molecule has 0 spiro atoms. The van der Waals surface area contributed by atoms with Gasteiger partial charge in [0, 0.05) is 11.3 Å². The Bertz CT molecular complexity index is 1130. The van der Waals surface area contributed by atoms with Gasteiger partial charge in [0.25, 0.3) is 0 Å². The highest BCUT2D eigenvalue weighted by Crippen LogP contribution is 2.35. The lowest BCUT2D eigenvalue weighted by molar-refractivity contribution is -0.115.